The molecule has 0 aromatic heterocycles. The number of hydrogen-bond acceptors (Lipinski definition) is 3. The molecule has 0 atom stereocenters. The Morgan fingerprint density at radius 3 is 2.69 bits per heavy atom. The quantitative estimate of drug-likeness (QED) is 0.629. The van der Waals surface area contributed by atoms with Crippen molar-refractivity contribution >= 4 is 5.69 Å². The standard InChI is InChI=1S/C11H13FN2O2/c12-10-7-9(14(15)16)2-1-8(10)3-4-11(13)5-6-11/h1-2,7H,3-6,13H2. The van der Waals surface area contributed by atoms with Gasteiger partial charge in [-0.15, -0.1) is 0 Å². The molecule has 1 fully saturated rings. The normalized spacial score (nSPS) is 17.1. The minimum absolute atomic E-state index is 0.117. The van der Waals surface area contributed by atoms with Crippen molar-refractivity contribution in [2.45, 2.75) is 31.2 Å². The Balaban J connectivity index is 2.07. The van der Waals surface area contributed by atoms with E-state index in [4.69, 9.17) is 5.73 Å². The molecule has 5 heteroatoms. The average molecular weight is 224 g/mol. The zero-order valence-corrected chi connectivity index (χ0v) is 8.78. The van der Waals surface area contributed by atoms with Gasteiger partial charge in [0.05, 0.1) is 11.0 Å². The Bertz CT molecular complexity index is 430. The number of nitrogens with two attached hydrogens (primary N) is 1. The van der Waals surface area contributed by atoms with Crippen LogP contribution in [0, 0.1) is 15.9 Å². The van der Waals surface area contributed by atoms with E-state index in [1.165, 1.54) is 12.1 Å². The van der Waals surface area contributed by atoms with Gasteiger partial charge in [0.25, 0.3) is 5.69 Å². The fourth-order valence-electron chi connectivity index (χ4n) is 1.65. The number of non-ortho nitro benzene ring substituents is 1. The van der Waals surface area contributed by atoms with Crippen molar-refractivity contribution in [3.05, 3.63) is 39.7 Å². The van der Waals surface area contributed by atoms with Gasteiger partial charge in [-0.05, 0) is 37.3 Å². The molecule has 0 spiro atoms. The lowest BCUT2D eigenvalue weighted by atomic mass is 10.0. The molecule has 1 aromatic rings. The molecule has 0 amide bonds. The molecule has 4 nitrogen and oxygen atoms in total. The highest BCUT2D eigenvalue weighted by Crippen LogP contribution is 2.36. The van der Waals surface area contributed by atoms with Gasteiger partial charge < -0.3 is 5.73 Å². The summed E-state index contributed by atoms with van der Waals surface area (Å²) < 4.78 is 13.5. The van der Waals surface area contributed by atoms with E-state index in [1.807, 2.05) is 0 Å². The Morgan fingerprint density at radius 2 is 2.19 bits per heavy atom. The third-order valence-electron chi connectivity index (χ3n) is 3.03. The van der Waals surface area contributed by atoms with Gasteiger partial charge >= 0.3 is 0 Å². The summed E-state index contributed by atoms with van der Waals surface area (Å²) in [4.78, 5) is 9.81. The Morgan fingerprint density at radius 1 is 1.50 bits per heavy atom. The molecular formula is C11H13FN2O2. The van der Waals surface area contributed by atoms with Gasteiger partial charge in [0.15, 0.2) is 0 Å². The molecule has 0 heterocycles. The van der Waals surface area contributed by atoms with E-state index in [9.17, 15) is 14.5 Å². The number of nitro benzene ring substituents is 1. The molecule has 16 heavy (non-hydrogen) atoms. The molecule has 1 aliphatic carbocycles. The summed E-state index contributed by atoms with van der Waals surface area (Å²) in [5.74, 6) is -0.515. The maximum absolute atomic E-state index is 13.5. The number of nitrogens with zero attached hydrogens (tertiary/aromatic N) is 1. The molecule has 0 saturated heterocycles. The monoisotopic (exact) mass is 224 g/mol. The van der Waals surface area contributed by atoms with Crippen molar-refractivity contribution in [2.24, 2.45) is 5.73 Å². The van der Waals surface area contributed by atoms with E-state index in [2.05, 4.69) is 0 Å². The van der Waals surface area contributed by atoms with Crippen LogP contribution in [0.2, 0.25) is 0 Å². The van der Waals surface area contributed by atoms with E-state index >= 15 is 0 Å². The van der Waals surface area contributed by atoms with Crippen molar-refractivity contribution in [1.29, 1.82) is 0 Å². The molecule has 1 aliphatic rings. The molecule has 0 aliphatic heterocycles. The lowest BCUT2D eigenvalue weighted by molar-refractivity contribution is -0.385. The average Bonchev–Trinajstić information content (AvgIpc) is 2.95. The Labute approximate surface area is 92.4 Å². The Hall–Kier alpha value is -1.49. The molecule has 1 saturated carbocycles. The SMILES string of the molecule is NC1(CCc2ccc([N+](=O)[O-])cc2F)CC1. The van der Waals surface area contributed by atoms with Crippen molar-refractivity contribution in [3.63, 3.8) is 0 Å². The van der Waals surface area contributed by atoms with Crippen LogP contribution in [-0.4, -0.2) is 10.5 Å². The van der Waals surface area contributed by atoms with Crippen LogP contribution in [-0.2, 0) is 6.42 Å². The van der Waals surface area contributed by atoms with Crippen molar-refractivity contribution in [1.82, 2.24) is 0 Å². The van der Waals surface area contributed by atoms with Crippen LogP contribution in [0.15, 0.2) is 18.2 Å². The molecule has 1 aromatic carbocycles. The van der Waals surface area contributed by atoms with Crippen molar-refractivity contribution in [3.8, 4) is 0 Å². The topological polar surface area (TPSA) is 69.2 Å². The Kier molecular flexibility index (Phi) is 2.63. The highest BCUT2D eigenvalue weighted by molar-refractivity contribution is 5.34. The van der Waals surface area contributed by atoms with Crippen LogP contribution >= 0.6 is 0 Å². The molecule has 2 N–H and O–H groups in total. The minimum atomic E-state index is -0.599. The molecule has 86 valence electrons. The van der Waals surface area contributed by atoms with Crippen LogP contribution in [0.25, 0.3) is 0 Å². The molecule has 0 unspecified atom stereocenters. The summed E-state index contributed by atoms with van der Waals surface area (Å²) in [5, 5.41) is 10.4. The first kappa shape index (κ1) is 11.0. The second-order valence-corrected chi connectivity index (χ2v) is 4.40. The third-order valence-corrected chi connectivity index (χ3v) is 3.03. The summed E-state index contributed by atoms with van der Waals surface area (Å²) in [6.07, 6.45) is 3.26. The smallest absolute Gasteiger partial charge is 0.272 e. The maximum atomic E-state index is 13.5. The van der Waals surface area contributed by atoms with E-state index < -0.39 is 10.7 Å². The van der Waals surface area contributed by atoms with Gasteiger partial charge in [-0.3, -0.25) is 10.1 Å². The summed E-state index contributed by atoms with van der Waals surface area (Å²) >= 11 is 0. The van der Waals surface area contributed by atoms with E-state index in [0.29, 0.717) is 12.0 Å². The lowest BCUT2D eigenvalue weighted by Gasteiger charge is -2.08. The number of rotatable bonds is 4. The van der Waals surface area contributed by atoms with Crippen LogP contribution in [0.4, 0.5) is 10.1 Å². The van der Waals surface area contributed by atoms with E-state index in [1.54, 1.807) is 0 Å². The van der Waals surface area contributed by atoms with Gasteiger partial charge in [0.2, 0.25) is 0 Å². The summed E-state index contributed by atoms with van der Waals surface area (Å²) in [5.41, 5.74) is 6.06. The van der Waals surface area contributed by atoms with Crippen LogP contribution in [0.1, 0.15) is 24.8 Å². The first-order chi connectivity index (χ1) is 7.50. The zero-order valence-electron chi connectivity index (χ0n) is 8.78. The number of benzene rings is 1. The lowest BCUT2D eigenvalue weighted by Crippen LogP contribution is -2.22. The largest absolute Gasteiger partial charge is 0.325 e. The summed E-state index contributed by atoms with van der Waals surface area (Å²) in [7, 11) is 0. The minimum Gasteiger partial charge on any atom is -0.325 e. The zero-order chi connectivity index (χ0) is 11.8. The van der Waals surface area contributed by atoms with E-state index in [-0.39, 0.29) is 11.2 Å². The first-order valence-corrected chi connectivity index (χ1v) is 5.22. The van der Waals surface area contributed by atoms with Gasteiger partial charge in [-0.2, -0.15) is 0 Å². The number of aryl methyl sites for hydroxylation is 1. The van der Waals surface area contributed by atoms with Crippen LogP contribution in [0.3, 0.4) is 0 Å². The first-order valence-electron chi connectivity index (χ1n) is 5.22. The highest BCUT2D eigenvalue weighted by atomic mass is 19.1. The summed E-state index contributed by atoms with van der Waals surface area (Å²) in [6.45, 7) is 0. The van der Waals surface area contributed by atoms with E-state index in [0.717, 1.165) is 25.3 Å². The maximum Gasteiger partial charge on any atom is 0.272 e. The number of nitro groups is 1. The highest BCUT2D eigenvalue weighted by Gasteiger charge is 2.37. The van der Waals surface area contributed by atoms with Crippen LogP contribution < -0.4 is 5.73 Å². The predicted molar refractivity (Wildman–Crippen MR) is 57.5 cm³/mol. The van der Waals surface area contributed by atoms with Crippen molar-refractivity contribution < 1.29 is 9.31 Å². The van der Waals surface area contributed by atoms with Gasteiger partial charge in [0, 0.05) is 11.6 Å². The predicted octanol–water partition coefficient (Wildman–Crippen LogP) is 2.16. The molecule has 2 rings (SSSR count). The third kappa shape index (κ3) is 2.36. The van der Waals surface area contributed by atoms with Gasteiger partial charge in [-0.1, -0.05) is 0 Å². The molecule has 0 radical (unpaired) electrons. The summed E-state index contributed by atoms with van der Waals surface area (Å²) in [6, 6.07) is 3.76. The van der Waals surface area contributed by atoms with Crippen LogP contribution in [0.5, 0.6) is 0 Å². The fourth-order valence-corrected chi connectivity index (χ4v) is 1.65. The number of hydrogen-bond donors (Lipinski definition) is 1. The second kappa shape index (κ2) is 3.83. The number of halogens is 1. The van der Waals surface area contributed by atoms with Gasteiger partial charge in [0.1, 0.15) is 5.82 Å². The second-order valence-electron chi connectivity index (χ2n) is 4.40. The fraction of sp³-hybridized carbons (Fsp3) is 0.455. The van der Waals surface area contributed by atoms with Gasteiger partial charge in [-0.25, -0.2) is 4.39 Å². The molecular weight excluding hydrogens is 211 g/mol. The molecule has 0 bridgehead atoms. The van der Waals surface area contributed by atoms with Crippen molar-refractivity contribution in [2.75, 3.05) is 0 Å².